The van der Waals surface area contributed by atoms with Crippen LogP contribution in [0.3, 0.4) is 0 Å². The molecule has 16 heavy (non-hydrogen) atoms. The van der Waals surface area contributed by atoms with E-state index in [1.165, 1.54) is 17.5 Å². The highest BCUT2D eigenvalue weighted by atomic mass is 16.5. The summed E-state index contributed by atoms with van der Waals surface area (Å²) >= 11 is 0. The molecule has 1 aromatic rings. The fourth-order valence-electron chi connectivity index (χ4n) is 2.00. The van der Waals surface area contributed by atoms with Crippen LogP contribution in [0.2, 0.25) is 0 Å². The van der Waals surface area contributed by atoms with Crippen LogP contribution in [0.1, 0.15) is 57.6 Å². The van der Waals surface area contributed by atoms with Gasteiger partial charge in [0.25, 0.3) is 0 Å². The van der Waals surface area contributed by atoms with Crippen molar-refractivity contribution in [2.75, 3.05) is 6.61 Å². The monoisotopic (exact) mass is 220 g/mol. The molecule has 1 atom stereocenters. The summed E-state index contributed by atoms with van der Waals surface area (Å²) < 4.78 is 5.84. The molecule has 0 fully saturated rings. The van der Waals surface area contributed by atoms with E-state index in [-0.39, 0.29) is 0 Å². The van der Waals surface area contributed by atoms with Gasteiger partial charge >= 0.3 is 0 Å². The van der Waals surface area contributed by atoms with Crippen molar-refractivity contribution in [2.45, 2.75) is 52.9 Å². The van der Waals surface area contributed by atoms with Gasteiger partial charge in [-0.1, -0.05) is 45.4 Å². The van der Waals surface area contributed by atoms with Crippen LogP contribution in [-0.4, -0.2) is 6.61 Å². The molecule has 0 amide bonds. The normalized spacial score (nSPS) is 12.5. The molecule has 0 saturated carbocycles. The molecule has 0 aromatic heterocycles. The Morgan fingerprint density at radius 1 is 1.19 bits per heavy atom. The fourth-order valence-corrected chi connectivity index (χ4v) is 2.00. The Kier molecular flexibility index (Phi) is 5.37. The van der Waals surface area contributed by atoms with E-state index < -0.39 is 0 Å². The first kappa shape index (κ1) is 13.1. The second-order valence-corrected chi connectivity index (χ2v) is 4.33. The summed E-state index contributed by atoms with van der Waals surface area (Å²) in [6.45, 7) is 9.53. The number of hydrogen-bond acceptors (Lipinski definition) is 1. The summed E-state index contributed by atoms with van der Waals surface area (Å²) in [5.41, 5.74) is 2.73. The lowest BCUT2D eigenvalue weighted by molar-refractivity contribution is 0.330. The zero-order chi connectivity index (χ0) is 12.0. The minimum atomic E-state index is 0.582. The van der Waals surface area contributed by atoms with Gasteiger partial charge in [0.05, 0.1) is 6.61 Å². The van der Waals surface area contributed by atoms with E-state index in [1.54, 1.807) is 0 Å². The van der Waals surface area contributed by atoms with Gasteiger partial charge in [0.1, 0.15) is 5.75 Å². The van der Waals surface area contributed by atoms with Gasteiger partial charge < -0.3 is 4.74 Å². The highest BCUT2D eigenvalue weighted by molar-refractivity contribution is 5.43. The summed E-state index contributed by atoms with van der Waals surface area (Å²) in [6.07, 6.45) is 3.44. The first-order valence-corrected chi connectivity index (χ1v) is 6.49. The van der Waals surface area contributed by atoms with Crippen molar-refractivity contribution in [3.8, 4) is 5.75 Å². The third-order valence-corrected chi connectivity index (χ3v) is 3.08. The Labute approximate surface area is 99.8 Å². The van der Waals surface area contributed by atoms with Crippen LogP contribution < -0.4 is 4.74 Å². The molecule has 1 aromatic carbocycles. The molecule has 0 heterocycles. The van der Waals surface area contributed by atoms with Gasteiger partial charge in [0.2, 0.25) is 0 Å². The van der Waals surface area contributed by atoms with Gasteiger partial charge in [0.15, 0.2) is 0 Å². The van der Waals surface area contributed by atoms with E-state index in [1.807, 2.05) is 0 Å². The zero-order valence-corrected chi connectivity index (χ0v) is 11.0. The minimum Gasteiger partial charge on any atom is -0.493 e. The SMILES string of the molecule is CCCc1cccc(C(C)CC)c1OCC. The van der Waals surface area contributed by atoms with E-state index >= 15 is 0 Å². The Hall–Kier alpha value is -0.980. The average molecular weight is 220 g/mol. The second-order valence-electron chi connectivity index (χ2n) is 4.33. The number of benzene rings is 1. The van der Waals surface area contributed by atoms with Crippen LogP contribution in [0.5, 0.6) is 5.75 Å². The molecule has 0 aliphatic carbocycles. The molecule has 0 radical (unpaired) electrons. The molecule has 0 aliphatic heterocycles. The smallest absolute Gasteiger partial charge is 0.125 e. The van der Waals surface area contributed by atoms with Gasteiger partial charge in [-0.2, -0.15) is 0 Å². The van der Waals surface area contributed by atoms with E-state index in [2.05, 4.69) is 45.9 Å². The molecule has 0 saturated heterocycles. The molecule has 0 bridgehead atoms. The first-order valence-electron chi connectivity index (χ1n) is 6.49. The number of rotatable bonds is 6. The molecule has 90 valence electrons. The Morgan fingerprint density at radius 3 is 2.50 bits per heavy atom. The lowest BCUT2D eigenvalue weighted by Crippen LogP contribution is -2.03. The Bertz CT molecular complexity index is 317. The number of ether oxygens (including phenoxy) is 1. The van der Waals surface area contributed by atoms with Gasteiger partial charge in [-0.05, 0) is 36.8 Å². The summed E-state index contributed by atoms with van der Waals surface area (Å²) in [5, 5.41) is 0. The summed E-state index contributed by atoms with van der Waals surface area (Å²) in [4.78, 5) is 0. The van der Waals surface area contributed by atoms with E-state index in [4.69, 9.17) is 4.74 Å². The van der Waals surface area contributed by atoms with E-state index in [0.717, 1.165) is 25.2 Å². The summed E-state index contributed by atoms with van der Waals surface area (Å²) in [6, 6.07) is 6.56. The number of aryl methyl sites for hydroxylation is 1. The van der Waals surface area contributed by atoms with Gasteiger partial charge in [0, 0.05) is 0 Å². The third-order valence-electron chi connectivity index (χ3n) is 3.08. The van der Waals surface area contributed by atoms with Crippen molar-refractivity contribution >= 4 is 0 Å². The number of hydrogen-bond donors (Lipinski definition) is 0. The van der Waals surface area contributed by atoms with E-state index in [9.17, 15) is 0 Å². The van der Waals surface area contributed by atoms with Crippen LogP contribution in [0.4, 0.5) is 0 Å². The first-order chi connectivity index (χ1) is 7.74. The molecule has 1 heteroatoms. The van der Waals surface area contributed by atoms with Crippen molar-refractivity contribution in [3.05, 3.63) is 29.3 Å². The molecular weight excluding hydrogens is 196 g/mol. The topological polar surface area (TPSA) is 9.23 Å². The molecule has 1 rings (SSSR count). The van der Waals surface area contributed by atoms with Crippen molar-refractivity contribution in [1.82, 2.24) is 0 Å². The van der Waals surface area contributed by atoms with Crippen molar-refractivity contribution < 1.29 is 4.74 Å². The molecule has 0 aliphatic rings. The summed E-state index contributed by atoms with van der Waals surface area (Å²) in [5.74, 6) is 1.72. The summed E-state index contributed by atoms with van der Waals surface area (Å²) in [7, 11) is 0. The Morgan fingerprint density at radius 2 is 1.94 bits per heavy atom. The maximum absolute atomic E-state index is 5.84. The molecule has 0 N–H and O–H groups in total. The van der Waals surface area contributed by atoms with Crippen LogP contribution in [-0.2, 0) is 6.42 Å². The van der Waals surface area contributed by atoms with Gasteiger partial charge in [-0.25, -0.2) is 0 Å². The quantitative estimate of drug-likeness (QED) is 0.683. The Balaban J connectivity index is 3.09. The molecule has 1 nitrogen and oxygen atoms in total. The highest BCUT2D eigenvalue weighted by Crippen LogP contribution is 2.32. The predicted molar refractivity (Wildman–Crippen MR) is 70.3 cm³/mol. The standard InChI is InChI=1S/C15H24O/c1-5-9-13-10-8-11-14(12(4)6-2)15(13)16-7-3/h8,10-12H,5-7,9H2,1-4H3. The third kappa shape index (κ3) is 3.01. The zero-order valence-electron chi connectivity index (χ0n) is 11.0. The van der Waals surface area contributed by atoms with Gasteiger partial charge in [-0.15, -0.1) is 0 Å². The second kappa shape index (κ2) is 6.57. The van der Waals surface area contributed by atoms with Crippen LogP contribution in [0.15, 0.2) is 18.2 Å². The minimum absolute atomic E-state index is 0.582. The predicted octanol–water partition coefficient (Wildman–Crippen LogP) is 4.55. The molecule has 0 spiro atoms. The lowest BCUT2D eigenvalue weighted by Gasteiger charge is -2.18. The largest absolute Gasteiger partial charge is 0.493 e. The maximum Gasteiger partial charge on any atom is 0.125 e. The molecule has 1 unspecified atom stereocenters. The maximum atomic E-state index is 5.84. The average Bonchev–Trinajstić information content (AvgIpc) is 2.31. The highest BCUT2D eigenvalue weighted by Gasteiger charge is 2.13. The fraction of sp³-hybridized carbons (Fsp3) is 0.600. The lowest BCUT2D eigenvalue weighted by atomic mass is 9.94. The van der Waals surface area contributed by atoms with Crippen molar-refractivity contribution in [1.29, 1.82) is 0 Å². The van der Waals surface area contributed by atoms with Crippen LogP contribution in [0, 0.1) is 0 Å². The van der Waals surface area contributed by atoms with E-state index in [0.29, 0.717) is 5.92 Å². The van der Waals surface area contributed by atoms with Crippen LogP contribution in [0.25, 0.3) is 0 Å². The molecular formula is C15H24O. The number of para-hydroxylation sites is 1. The van der Waals surface area contributed by atoms with Gasteiger partial charge in [-0.3, -0.25) is 0 Å². The van der Waals surface area contributed by atoms with Crippen molar-refractivity contribution in [3.63, 3.8) is 0 Å². The van der Waals surface area contributed by atoms with Crippen molar-refractivity contribution in [2.24, 2.45) is 0 Å². The van der Waals surface area contributed by atoms with Crippen LogP contribution >= 0.6 is 0 Å².